The molecule has 0 bridgehead atoms. The molecule has 0 atom stereocenters. The van der Waals surface area contributed by atoms with Crippen molar-refractivity contribution in [2.45, 2.75) is 13.1 Å². The van der Waals surface area contributed by atoms with Crippen LogP contribution in [-0.2, 0) is 13.1 Å². The molecule has 3 N–H and O–H groups in total. The van der Waals surface area contributed by atoms with E-state index in [0.29, 0.717) is 5.88 Å². The monoisotopic (exact) mass is 124 g/mol. The number of nitrogens with one attached hydrogen (secondary N) is 1. The van der Waals surface area contributed by atoms with Gasteiger partial charge in [-0.3, -0.25) is 0 Å². The van der Waals surface area contributed by atoms with Crippen LogP contribution in [0.1, 0.15) is 11.3 Å². The van der Waals surface area contributed by atoms with Crippen molar-refractivity contribution >= 4 is 5.88 Å². The summed E-state index contributed by atoms with van der Waals surface area (Å²) in [7, 11) is 0. The van der Waals surface area contributed by atoms with Crippen molar-refractivity contribution in [3.8, 4) is 0 Å². The average molecular weight is 124 g/mol. The number of nitrogen functional groups attached to an aromatic ring is 1. The van der Waals surface area contributed by atoms with Crippen LogP contribution >= 0.6 is 0 Å². The van der Waals surface area contributed by atoms with E-state index in [4.69, 9.17) is 10.2 Å². The van der Waals surface area contributed by atoms with Gasteiger partial charge in [-0.2, -0.15) is 0 Å². The van der Waals surface area contributed by atoms with Crippen molar-refractivity contribution in [1.29, 1.82) is 0 Å². The van der Waals surface area contributed by atoms with Crippen LogP contribution in [0.2, 0.25) is 0 Å². The quantitative estimate of drug-likeness (QED) is 0.528. The Morgan fingerprint density at radius 2 is 2.44 bits per heavy atom. The summed E-state index contributed by atoms with van der Waals surface area (Å²) in [6.45, 7) is 1.72. The SMILES string of the molecule is Nc1cc2c(o1)CNC2. The maximum absolute atomic E-state index is 5.39. The van der Waals surface area contributed by atoms with Gasteiger partial charge in [-0.05, 0) is 0 Å². The summed E-state index contributed by atoms with van der Waals surface area (Å²) in [5.41, 5.74) is 6.60. The van der Waals surface area contributed by atoms with Crippen molar-refractivity contribution in [2.75, 3.05) is 5.73 Å². The normalized spacial score (nSPS) is 16.0. The van der Waals surface area contributed by atoms with Gasteiger partial charge in [0.1, 0.15) is 5.76 Å². The lowest BCUT2D eigenvalue weighted by Crippen LogP contribution is -2.01. The number of fused-ring (bicyclic) bond motifs is 1. The van der Waals surface area contributed by atoms with E-state index in [1.165, 1.54) is 5.56 Å². The van der Waals surface area contributed by atoms with Crippen LogP contribution in [-0.4, -0.2) is 0 Å². The zero-order chi connectivity index (χ0) is 6.27. The van der Waals surface area contributed by atoms with Gasteiger partial charge >= 0.3 is 0 Å². The summed E-state index contributed by atoms with van der Waals surface area (Å²) in [6, 6.07) is 1.87. The van der Waals surface area contributed by atoms with Crippen LogP contribution in [0.25, 0.3) is 0 Å². The molecule has 0 aliphatic carbocycles. The largest absolute Gasteiger partial charge is 0.444 e. The molecule has 0 saturated heterocycles. The Bertz CT molecular complexity index is 207. The van der Waals surface area contributed by atoms with E-state index in [-0.39, 0.29) is 0 Å². The number of furan rings is 1. The predicted octanol–water partition coefficient (Wildman–Crippen LogP) is 0.465. The molecule has 1 aromatic rings. The Labute approximate surface area is 52.8 Å². The summed E-state index contributed by atoms with van der Waals surface area (Å²) < 4.78 is 5.14. The van der Waals surface area contributed by atoms with Gasteiger partial charge in [-0.25, -0.2) is 0 Å². The molecule has 1 aliphatic rings. The summed E-state index contributed by atoms with van der Waals surface area (Å²) >= 11 is 0. The fourth-order valence-corrected chi connectivity index (χ4v) is 1.10. The zero-order valence-corrected chi connectivity index (χ0v) is 4.98. The second-order valence-corrected chi connectivity index (χ2v) is 2.20. The van der Waals surface area contributed by atoms with Crippen LogP contribution in [0, 0.1) is 0 Å². The number of anilines is 1. The average Bonchev–Trinajstić information content (AvgIpc) is 2.22. The molecule has 9 heavy (non-hydrogen) atoms. The number of hydrogen-bond acceptors (Lipinski definition) is 3. The van der Waals surface area contributed by atoms with Gasteiger partial charge in [0, 0.05) is 18.2 Å². The maximum atomic E-state index is 5.39. The maximum Gasteiger partial charge on any atom is 0.190 e. The van der Waals surface area contributed by atoms with E-state index in [0.717, 1.165) is 18.8 Å². The highest BCUT2D eigenvalue weighted by Gasteiger charge is 2.13. The highest BCUT2D eigenvalue weighted by atomic mass is 16.4. The van der Waals surface area contributed by atoms with Crippen molar-refractivity contribution < 1.29 is 4.42 Å². The molecule has 2 heterocycles. The van der Waals surface area contributed by atoms with Crippen molar-refractivity contribution in [3.63, 3.8) is 0 Å². The smallest absolute Gasteiger partial charge is 0.190 e. The highest BCUT2D eigenvalue weighted by Crippen LogP contribution is 2.20. The molecule has 3 heteroatoms. The molecule has 0 aromatic carbocycles. The van der Waals surface area contributed by atoms with Gasteiger partial charge in [0.15, 0.2) is 5.88 Å². The summed E-state index contributed by atoms with van der Waals surface area (Å²) in [5.74, 6) is 1.52. The Morgan fingerprint density at radius 3 is 3.22 bits per heavy atom. The minimum atomic E-state index is 0.529. The Morgan fingerprint density at radius 1 is 1.56 bits per heavy atom. The van der Waals surface area contributed by atoms with Crippen LogP contribution in [0.5, 0.6) is 0 Å². The first-order chi connectivity index (χ1) is 4.36. The third-order valence-corrected chi connectivity index (χ3v) is 1.52. The third kappa shape index (κ3) is 0.616. The van der Waals surface area contributed by atoms with Gasteiger partial charge in [-0.1, -0.05) is 0 Å². The third-order valence-electron chi connectivity index (χ3n) is 1.52. The van der Waals surface area contributed by atoms with Crippen LogP contribution in [0.4, 0.5) is 5.88 Å². The first-order valence-electron chi connectivity index (χ1n) is 2.94. The molecule has 1 aliphatic heterocycles. The lowest BCUT2D eigenvalue weighted by atomic mass is 10.3. The molecule has 0 fully saturated rings. The van der Waals surface area contributed by atoms with Crippen molar-refractivity contribution in [3.05, 3.63) is 17.4 Å². The van der Waals surface area contributed by atoms with Gasteiger partial charge in [0.25, 0.3) is 0 Å². The zero-order valence-electron chi connectivity index (χ0n) is 4.98. The standard InChI is InChI=1S/C6H8N2O/c7-6-1-4-2-8-3-5(4)9-6/h1,8H,2-3,7H2. The van der Waals surface area contributed by atoms with Crippen LogP contribution < -0.4 is 11.1 Å². The minimum absolute atomic E-state index is 0.529. The molecular weight excluding hydrogens is 116 g/mol. The highest BCUT2D eigenvalue weighted by molar-refractivity contribution is 5.35. The van der Waals surface area contributed by atoms with Gasteiger partial charge < -0.3 is 15.5 Å². The first kappa shape index (κ1) is 4.88. The second-order valence-electron chi connectivity index (χ2n) is 2.20. The number of hydrogen-bond donors (Lipinski definition) is 2. The predicted molar refractivity (Wildman–Crippen MR) is 33.7 cm³/mol. The van der Waals surface area contributed by atoms with Gasteiger partial charge in [-0.15, -0.1) is 0 Å². The van der Waals surface area contributed by atoms with Crippen molar-refractivity contribution in [1.82, 2.24) is 5.32 Å². The molecular formula is C6H8N2O. The Balaban J connectivity index is 2.51. The van der Waals surface area contributed by atoms with Crippen LogP contribution in [0.3, 0.4) is 0 Å². The van der Waals surface area contributed by atoms with Crippen LogP contribution in [0.15, 0.2) is 10.5 Å². The van der Waals surface area contributed by atoms with E-state index in [1.54, 1.807) is 0 Å². The molecule has 0 spiro atoms. The number of nitrogens with two attached hydrogens (primary N) is 1. The second kappa shape index (κ2) is 1.51. The summed E-state index contributed by atoms with van der Waals surface area (Å²) in [5, 5.41) is 3.15. The molecule has 48 valence electrons. The minimum Gasteiger partial charge on any atom is -0.444 e. The van der Waals surface area contributed by atoms with E-state index < -0.39 is 0 Å². The topological polar surface area (TPSA) is 51.2 Å². The van der Waals surface area contributed by atoms with E-state index in [1.807, 2.05) is 6.07 Å². The molecule has 3 nitrogen and oxygen atoms in total. The van der Waals surface area contributed by atoms with Gasteiger partial charge in [0.2, 0.25) is 0 Å². The molecule has 2 rings (SSSR count). The lowest BCUT2D eigenvalue weighted by Gasteiger charge is -1.85. The van der Waals surface area contributed by atoms with E-state index in [2.05, 4.69) is 5.32 Å². The molecule has 0 unspecified atom stereocenters. The number of rotatable bonds is 0. The molecule has 0 amide bonds. The Hall–Kier alpha value is -0.960. The molecule has 0 radical (unpaired) electrons. The molecule has 1 aromatic heterocycles. The molecule has 0 saturated carbocycles. The van der Waals surface area contributed by atoms with E-state index in [9.17, 15) is 0 Å². The van der Waals surface area contributed by atoms with Crippen molar-refractivity contribution in [2.24, 2.45) is 0 Å². The van der Waals surface area contributed by atoms with E-state index >= 15 is 0 Å². The van der Waals surface area contributed by atoms with Gasteiger partial charge in [0.05, 0.1) is 6.54 Å². The summed E-state index contributed by atoms with van der Waals surface area (Å²) in [4.78, 5) is 0. The first-order valence-corrected chi connectivity index (χ1v) is 2.94. The Kier molecular flexibility index (Phi) is 0.818. The summed E-state index contributed by atoms with van der Waals surface area (Å²) in [6.07, 6.45) is 0. The fourth-order valence-electron chi connectivity index (χ4n) is 1.10. The fraction of sp³-hybridized carbons (Fsp3) is 0.333. The lowest BCUT2D eigenvalue weighted by molar-refractivity contribution is 0.522.